The lowest BCUT2D eigenvalue weighted by Crippen LogP contribution is -2.32. The second-order valence-corrected chi connectivity index (χ2v) is 5.45. The van der Waals surface area contributed by atoms with E-state index in [0.29, 0.717) is 0 Å². The van der Waals surface area contributed by atoms with E-state index >= 15 is 0 Å². The van der Waals surface area contributed by atoms with Gasteiger partial charge in [0.05, 0.1) is 0 Å². The van der Waals surface area contributed by atoms with Crippen LogP contribution in [0.15, 0.2) is 0 Å². The lowest BCUT2D eigenvalue weighted by molar-refractivity contribution is 0.536. The summed E-state index contributed by atoms with van der Waals surface area (Å²) in [6.45, 7) is 3.61. The minimum absolute atomic E-state index is 0.852. The minimum Gasteiger partial charge on any atom is -0.313 e. The summed E-state index contributed by atoms with van der Waals surface area (Å²) in [5.74, 6) is 0. The number of thioether (sulfide) groups is 1. The lowest BCUT2D eigenvalue weighted by Gasteiger charge is -2.17. The molecule has 0 aromatic carbocycles. The van der Waals surface area contributed by atoms with Crippen LogP contribution in [0.2, 0.25) is 0 Å². The Bertz CT molecular complexity index is 138. The molecule has 1 saturated heterocycles. The summed E-state index contributed by atoms with van der Waals surface area (Å²) in [5, 5.41) is 5.48. The van der Waals surface area contributed by atoms with Crippen LogP contribution in [0.4, 0.5) is 0 Å². The molecule has 2 rings (SSSR count). The summed E-state index contributed by atoms with van der Waals surface area (Å²) in [7, 11) is 0. The smallest absolute Gasteiger partial charge is 0.0203 e. The van der Waals surface area contributed by atoms with Crippen molar-refractivity contribution in [1.29, 1.82) is 0 Å². The molecule has 64 valence electrons. The van der Waals surface area contributed by atoms with Crippen molar-refractivity contribution in [3.63, 3.8) is 0 Å². The molecular weight excluding hydrogens is 154 g/mol. The molecule has 0 spiro atoms. The summed E-state index contributed by atoms with van der Waals surface area (Å²) in [6, 6.07) is 0.852. The van der Waals surface area contributed by atoms with Crippen LogP contribution < -0.4 is 5.32 Å². The Balaban J connectivity index is 1.98. The van der Waals surface area contributed by atoms with Crippen LogP contribution in [0.3, 0.4) is 0 Å². The number of fused-ring (bicyclic) bond motifs is 1. The molecule has 0 radical (unpaired) electrons. The van der Waals surface area contributed by atoms with Crippen LogP contribution in [0.1, 0.15) is 32.6 Å². The Morgan fingerprint density at radius 1 is 1.27 bits per heavy atom. The fourth-order valence-electron chi connectivity index (χ4n) is 2.16. The molecule has 2 aliphatic rings. The first-order chi connectivity index (χ1) is 5.36. The van der Waals surface area contributed by atoms with Gasteiger partial charge in [0.1, 0.15) is 0 Å². The number of rotatable bonds is 0. The molecule has 3 atom stereocenters. The van der Waals surface area contributed by atoms with Crippen molar-refractivity contribution in [3.05, 3.63) is 0 Å². The van der Waals surface area contributed by atoms with Gasteiger partial charge in [-0.05, 0) is 25.8 Å². The largest absolute Gasteiger partial charge is 0.313 e. The van der Waals surface area contributed by atoms with Crippen LogP contribution in [-0.4, -0.2) is 23.1 Å². The topological polar surface area (TPSA) is 12.0 Å². The first-order valence-corrected chi connectivity index (χ1v) is 5.69. The van der Waals surface area contributed by atoms with Gasteiger partial charge in [0.15, 0.2) is 0 Å². The van der Waals surface area contributed by atoms with Crippen LogP contribution in [0.25, 0.3) is 0 Å². The second kappa shape index (κ2) is 3.36. The molecule has 2 fully saturated rings. The van der Waals surface area contributed by atoms with Crippen molar-refractivity contribution in [1.82, 2.24) is 5.32 Å². The molecule has 1 saturated carbocycles. The lowest BCUT2D eigenvalue weighted by atomic mass is 10.2. The molecule has 1 aliphatic heterocycles. The van der Waals surface area contributed by atoms with Crippen molar-refractivity contribution in [2.45, 2.75) is 49.1 Å². The fourth-order valence-corrected chi connectivity index (χ4v) is 3.74. The Morgan fingerprint density at radius 3 is 3.09 bits per heavy atom. The van der Waals surface area contributed by atoms with E-state index in [0.717, 1.165) is 16.5 Å². The van der Waals surface area contributed by atoms with E-state index in [1.54, 1.807) is 0 Å². The maximum Gasteiger partial charge on any atom is 0.0203 e. The van der Waals surface area contributed by atoms with Crippen LogP contribution >= 0.6 is 11.8 Å². The highest BCUT2D eigenvalue weighted by molar-refractivity contribution is 8.00. The minimum atomic E-state index is 0.852. The highest BCUT2D eigenvalue weighted by Crippen LogP contribution is 2.35. The van der Waals surface area contributed by atoms with Crippen molar-refractivity contribution in [3.8, 4) is 0 Å². The first-order valence-electron chi connectivity index (χ1n) is 4.75. The molecule has 0 aromatic rings. The Kier molecular flexibility index (Phi) is 2.42. The monoisotopic (exact) mass is 171 g/mol. The summed E-state index contributed by atoms with van der Waals surface area (Å²) in [4.78, 5) is 0. The third-order valence-electron chi connectivity index (χ3n) is 2.82. The average Bonchev–Trinajstić information content (AvgIpc) is 2.31. The van der Waals surface area contributed by atoms with E-state index in [2.05, 4.69) is 24.0 Å². The van der Waals surface area contributed by atoms with Crippen molar-refractivity contribution < 1.29 is 0 Å². The molecule has 1 nitrogen and oxygen atoms in total. The van der Waals surface area contributed by atoms with Gasteiger partial charge in [0, 0.05) is 16.5 Å². The highest BCUT2D eigenvalue weighted by Gasteiger charge is 2.30. The van der Waals surface area contributed by atoms with Gasteiger partial charge in [-0.1, -0.05) is 13.3 Å². The SMILES string of the molecule is CC1CCNC2CCCC2S1. The van der Waals surface area contributed by atoms with Crippen molar-refractivity contribution in [2.24, 2.45) is 0 Å². The standard InChI is InChI=1S/C9H17NS/c1-7-5-6-10-8-3-2-4-9(8)11-7/h7-10H,2-6H2,1H3. The van der Waals surface area contributed by atoms with Gasteiger partial charge < -0.3 is 5.32 Å². The third kappa shape index (κ3) is 1.73. The third-order valence-corrected chi connectivity index (χ3v) is 4.43. The molecule has 1 N–H and O–H groups in total. The fraction of sp³-hybridized carbons (Fsp3) is 1.00. The Labute approximate surface area is 73.3 Å². The molecule has 11 heavy (non-hydrogen) atoms. The second-order valence-electron chi connectivity index (χ2n) is 3.77. The molecular formula is C9H17NS. The number of nitrogens with one attached hydrogen (secondary N) is 1. The summed E-state index contributed by atoms with van der Waals surface area (Å²) >= 11 is 2.22. The molecule has 0 bridgehead atoms. The maximum absolute atomic E-state index is 3.65. The molecule has 1 heterocycles. The number of hydrogen-bond acceptors (Lipinski definition) is 2. The van der Waals surface area contributed by atoms with Crippen molar-refractivity contribution in [2.75, 3.05) is 6.54 Å². The van der Waals surface area contributed by atoms with Gasteiger partial charge in [0.25, 0.3) is 0 Å². The normalized spacial score (nSPS) is 45.0. The van der Waals surface area contributed by atoms with E-state index in [9.17, 15) is 0 Å². The van der Waals surface area contributed by atoms with Crippen LogP contribution in [0, 0.1) is 0 Å². The van der Waals surface area contributed by atoms with Crippen LogP contribution in [-0.2, 0) is 0 Å². The average molecular weight is 171 g/mol. The molecule has 3 unspecified atom stereocenters. The molecule has 1 aliphatic carbocycles. The van der Waals surface area contributed by atoms with Crippen LogP contribution in [0.5, 0.6) is 0 Å². The predicted octanol–water partition coefficient (Wildman–Crippen LogP) is 2.02. The van der Waals surface area contributed by atoms with E-state index in [-0.39, 0.29) is 0 Å². The predicted molar refractivity (Wildman–Crippen MR) is 51.1 cm³/mol. The molecule has 2 heteroatoms. The van der Waals surface area contributed by atoms with Gasteiger partial charge in [-0.25, -0.2) is 0 Å². The Hall–Kier alpha value is 0.310. The van der Waals surface area contributed by atoms with E-state index in [4.69, 9.17) is 0 Å². The van der Waals surface area contributed by atoms with Gasteiger partial charge in [-0.3, -0.25) is 0 Å². The maximum atomic E-state index is 3.65. The van der Waals surface area contributed by atoms with Gasteiger partial charge in [-0.15, -0.1) is 0 Å². The first kappa shape index (κ1) is 7.93. The Morgan fingerprint density at radius 2 is 2.18 bits per heavy atom. The zero-order valence-corrected chi connectivity index (χ0v) is 7.99. The number of hydrogen-bond donors (Lipinski definition) is 1. The zero-order valence-electron chi connectivity index (χ0n) is 7.18. The van der Waals surface area contributed by atoms with E-state index in [1.807, 2.05) is 0 Å². The molecule has 0 amide bonds. The quantitative estimate of drug-likeness (QED) is 0.598. The highest BCUT2D eigenvalue weighted by atomic mass is 32.2. The van der Waals surface area contributed by atoms with Gasteiger partial charge in [0.2, 0.25) is 0 Å². The van der Waals surface area contributed by atoms with Crippen molar-refractivity contribution >= 4 is 11.8 Å². The van der Waals surface area contributed by atoms with Gasteiger partial charge in [-0.2, -0.15) is 11.8 Å². The molecule has 0 aromatic heterocycles. The zero-order chi connectivity index (χ0) is 7.68. The summed E-state index contributed by atoms with van der Waals surface area (Å²) in [6.07, 6.45) is 5.68. The summed E-state index contributed by atoms with van der Waals surface area (Å²) in [5.41, 5.74) is 0. The van der Waals surface area contributed by atoms with E-state index in [1.165, 1.54) is 32.2 Å². The summed E-state index contributed by atoms with van der Waals surface area (Å²) < 4.78 is 0. The van der Waals surface area contributed by atoms with Gasteiger partial charge >= 0.3 is 0 Å². The van der Waals surface area contributed by atoms with E-state index < -0.39 is 0 Å².